The SMILES string of the molecule is CCC(CCO)NC1(CN)CCCC1(C)C. The van der Waals surface area contributed by atoms with Crippen molar-refractivity contribution in [3.8, 4) is 0 Å². The van der Waals surface area contributed by atoms with Crippen LogP contribution in [0.15, 0.2) is 0 Å². The summed E-state index contributed by atoms with van der Waals surface area (Å²) in [4.78, 5) is 0. The van der Waals surface area contributed by atoms with Crippen molar-refractivity contribution in [2.24, 2.45) is 11.1 Å². The quantitative estimate of drug-likeness (QED) is 0.648. The van der Waals surface area contributed by atoms with Crippen LogP contribution in [-0.2, 0) is 0 Å². The first kappa shape index (κ1) is 13.9. The largest absolute Gasteiger partial charge is 0.396 e. The number of nitrogens with two attached hydrogens (primary N) is 1. The third kappa shape index (κ3) is 2.58. The number of hydrogen-bond acceptors (Lipinski definition) is 3. The normalized spacial score (nSPS) is 30.6. The van der Waals surface area contributed by atoms with E-state index in [4.69, 9.17) is 10.8 Å². The van der Waals surface area contributed by atoms with Gasteiger partial charge in [-0.3, -0.25) is 0 Å². The standard InChI is InChI=1S/C13H28N2O/c1-4-11(6-9-16)15-13(10-14)8-5-7-12(13,2)3/h11,15-16H,4-10,14H2,1-3H3. The van der Waals surface area contributed by atoms with E-state index >= 15 is 0 Å². The van der Waals surface area contributed by atoms with E-state index < -0.39 is 0 Å². The fraction of sp³-hybridized carbons (Fsp3) is 1.00. The van der Waals surface area contributed by atoms with Crippen molar-refractivity contribution in [3.63, 3.8) is 0 Å². The lowest BCUT2D eigenvalue weighted by Gasteiger charge is -2.44. The van der Waals surface area contributed by atoms with Crippen molar-refractivity contribution in [2.75, 3.05) is 13.2 Å². The molecule has 1 rings (SSSR count). The molecule has 1 saturated carbocycles. The minimum atomic E-state index is 0.0723. The van der Waals surface area contributed by atoms with Gasteiger partial charge in [-0.05, 0) is 31.1 Å². The lowest BCUT2D eigenvalue weighted by atomic mass is 9.74. The third-order valence-electron chi connectivity index (χ3n) is 4.50. The summed E-state index contributed by atoms with van der Waals surface area (Å²) in [5.74, 6) is 0. The Hall–Kier alpha value is -0.120. The van der Waals surface area contributed by atoms with E-state index in [9.17, 15) is 0 Å². The van der Waals surface area contributed by atoms with Crippen LogP contribution in [0.25, 0.3) is 0 Å². The van der Waals surface area contributed by atoms with Gasteiger partial charge in [0.2, 0.25) is 0 Å². The summed E-state index contributed by atoms with van der Waals surface area (Å²) in [6.07, 6.45) is 5.55. The number of nitrogens with one attached hydrogen (secondary N) is 1. The highest BCUT2D eigenvalue weighted by molar-refractivity contribution is 5.06. The number of aliphatic hydroxyl groups excluding tert-OH is 1. The molecule has 3 heteroatoms. The van der Waals surface area contributed by atoms with Gasteiger partial charge in [-0.15, -0.1) is 0 Å². The fourth-order valence-electron chi connectivity index (χ4n) is 3.04. The molecule has 0 bridgehead atoms. The molecule has 16 heavy (non-hydrogen) atoms. The van der Waals surface area contributed by atoms with Crippen molar-refractivity contribution in [2.45, 2.75) is 64.5 Å². The van der Waals surface area contributed by atoms with Gasteiger partial charge in [0.25, 0.3) is 0 Å². The number of rotatable bonds is 6. The Labute approximate surface area is 99.8 Å². The summed E-state index contributed by atoms with van der Waals surface area (Å²) in [6.45, 7) is 7.74. The van der Waals surface area contributed by atoms with E-state index in [0.29, 0.717) is 12.6 Å². The van der Waals surface area contributed by atoms with Gasteiger partial charge in [0.15, 0.2) is 0 Å². The van der Waals surface area contributed by atoms with Crippen molar-refractivity contribution in [3.05, 3.63) is 0 Å². The Kier molecular flexibility index (Phi) is 4.77. The Morgan fingerprint density at radius 1 is 1.38 bits per heavy atom. The summed E-state index contributed by atoms with van der Waals surface area (Å²) in [5, 5.41) is 12.8. The predicted octanol–water partition coefficient (Wildman–Crippen LogP) is 1.64. The van der Waals surface area contributed by atoms with Crippen LogP contribution < -0.4 is 11.1 Å². The maximum atomic E-state index is 9.06. The Morgan fingerprint density at radius 3 is 2.44 bits per heavy atom. The van der Waals surface area contributed by atoms with Crippen LogP contribution in [0.1, 0.15) is 52.9 Å². The molecular formula is C13H28N2O. The molecule has 2 unspecified atom stereocenters. The summed E-state index contributed by atoms with van der Waals surface area (Å²) >= 11 is 0. The topological polar surface area (TPSA) is 58.3 Å². The monoisotopic (exact) mass is 228 g/mol. The summed E-state index contributed by atoms with van der Waals surface area (Å²) in [7, 11) is 0. The minimum absolute atomic E-state index is 0.0723. The van der Waals surface area contributed by atoms with E-state index in [1.54, 1.807) is 0 Å². The fourth-order valence-corrected chi connectivity index (χ4v) is 3.04. The Bertz CT molecular complexity index is 218. The molecule has 1 aliphatic carbocycles. The van der Waals surface area contributed by atoms with Crippen LogP contribution >= 0.6 is 0 Å². The molecule has 4 N–H and O–H groups in total. The molecule has 1 aliphatic rings. The third-order valence-corrected chi connectivity index (χ3v) is 4.50. The van der Waals surface area contributed by atoms with Crippen molar-refractivity contribution >= 4 is 0 Å². The molecule has 0 aromatic carbocycles. The van der Waals surface area contributed by atoms with Gasteiger partial charge in [-0.1, -0.05) is 27.2 Å². The second kappa shape index (κ2) is 5.48. The summed E-state index contributed by atoms with van der Waals surface area (Å²) in [6, 6.07) is 0.394. The van der Waals surface area contributed by atoms with Gasteiger partial charge >= 0.3 is 0 Å². The van der Waals surface area contributed by atoms with Crippen LogP contribution in [0.5, 0.6) is 0 Å². The van der Waals surface area contributed by atoms with Crippen LogP contribution in [0, 0.1) is 5.41 Å². The molecule has 2 atom stereocenters. The van der Waals surface area contributed by atoms with Gasteiger partial charge in [-0.2, -0.15) is 0 Å². The molecule has 3 nitrogen and oxygen atoms in total. The molecule has 0 heterocycles. The highest BCUT2D eigenvalue weighted by atomic mass is 16.3. The average Bonchev–Trinajstić information content (AvgIpc) is 2.54. The van der Waals surface area contributed by atoms with E-state index in [0.717, 1.165) is 12.8 Å². The molecule has 0 aliphatic heterocycles. The van der Waals surface area contributed by atoms with Crippen molar-refractivity contribution < 1.29 is 5.11 Å². The molecule has 0 saturated heterocycles. The van der Waals surface area contributed by atoms with Crippen LogP contribution in [0.3, 0.4) is 0 Å². The molecular weight excluding hydrogens is 200 g/mol. The molecule has 96 valence electrons. The zero-order valence-corrected chi connectivity index (χ0v) is 11.1. The van der Waals surface area contributed by atoms with Gasteiger partial charge in [0.1, 0.15) is 0 Å². The molecule has 0 aromatic rings. The summed E-state index contributed by atoms with van der Waals surface area (Å²) < 4.78 is 0. The molecule has 0 amide bonds. The molecule has 0 radical (unpaired) electrons. The maximum absolute atomic E-state index is 9.06. The second-order valence-corrected chi connectivity index (χ2v) is 5.79. The summed E-state index contributed by atoms with van der Waals surface area (Å²) in [5.41, 5.74) is 6.36. The van der Waals surface area contributed by atoms with Gasteiger partial charge < -0.3 is 16.2 Å². The lowest BCUT2D eigenvalue weighted by molar-refractivity contribution is 0.134. The van der Waals surface area contributed by atoms with Gasteiger partial charge in [0, 0.05) is 24.7 Å². The predicted molar refractivity (Wildman–Crippen MR) is 68.3 cm³/mol. The van der Waals surface area contributed by atoms with E-state index in [2.05, 4.69) is 26.1 Å². The first-order valence-corrected chi connectivity index (χ1v) is 6.60. The van der Waals surface area contributed by atoms with E-state index in [-0.39, 0.29) is 17.6 Å². The second-order valence-electron chi connectivity index (χ2n) is 5.79. The van der Waals surface area contributed by atoms with Gasteiger partial charge in [0.05, 0.1) is 0 Å². The zero-order chi connectivity index (χ0) is 12.2. The smallest absolute Gasteiger partial charge is 0.0445 e. The minimum Gasteiger partial charge on any atom is -0.396 e. The lowest BCUT2D eigenvalue weighted by Crippen LogP contribution is -2.60. The Balaban J connectivity index is 2.73. The van der Waals surface area contributed by atoms with Crippen molar-refractivity contribution in [1.82, 2.24) is 5.32 Å². The van der Waals surface area contributed by atoms with Gasteiger partial charge in [-0.25, -0.2) is 0 Å². The average molecular weight is 228 g/mol. The highest BCUT2D eigenvalue weighted by Gasteiger charge is 2.48. The molecule has 1 fully saturated rings. The Morgan fingerprint density at radius 2 is 2.06 bits per heavy atom. The van der Waals surface area contributed by atoms with E-state index in [1.165, 1.54) is 19.3 Å². The zero-order valence-electron chi connectivity index (χ0n) is 11.1. The molecule has 0 aromatic heterocycles. The first-order valence-electron chi connectivity index (χ1n) is 6.60. The number of hydrogen-bond donors (Lipinski definition) is 3. The van der Waals surface area contributed by atoms with Crippen LogP contribution in [0.2, 0.25) is 0 Å². The first-order chi connectivity index (χ1) is 7.51. The van der Waals surface area contributed by atoms with E-state index in [1.807, 2.05) is 0 Å². The number of aliphatic hydroxyl groups is 1. The molecule has 0 spiro atoms. The maximum Gasteiger partial charge on any atom is 0.0445 e. The highest BCUT2D eigenvalue weighted by Crippen LogP contribution is 2.45. The van der Waals surface area contributed by atoms with Crippen LogP contribution in [-0.4, -0.2) is 29.8 Å². The van der Waals surface area contributed by atoms with Crippen molar-refractivity contribution in [1.29, 1.82) is 0 Å². The van der Waals surface area contributed by atoms with Crippen LogP contribution in [0.4, 0.5) is 0 Å².